The van der Waals surface area contributed by atoms with Gasteiger partial charge in [-0.05, 0) is 24.8 Å². The molecule has 3 heterocycles. The van der Waals surface area contributed by atoms with Crippen LogP contribution >= 0.6 is 0 Å². The molecule has 0 unspecified atom stereocenters. The molecule has 0 radical (unpaired) electrons. The Balaban J connectivity index is 1.58. The van der Waals surface area contributed by atoms with E-state index in [1.807, 2.05) is 44.2 Å². The first-order chi connectivity index (χ1) is 19.2. The third-order valence-electron chi connectivity index (χ3n) is 6.88. The molecule has 13 heteroatoms. The summed E-state index contributed by atoms with van der Waals surface area (Å²) in [7, 11) is 0. The van der Waals surface area contributed by atoms with Crippen LogP contribution in [0.25, 0.3) is 0 Å². The van der Waals surface area contributed by atoms with Crippen molar-refractivity contribution in [2.24, 2.45) is 5.92 Å². The number of benzene rings is 1. The number of aromatic nitrogens is 6. The Morgan fingerprint density at radius 2 is 1.85 bits per heavy atom. The summed E-state index contributed by atoms with van der Waals surface area (Å²) in [5.74, 6) is 0.904. The lowest BCUT2D eigenvalue weighted by atomic mass is 10.0. The molecular formula is C27H37N9O4. The van der Waals surface area contributed by atoms with Crippen LogP contribution in [0.2, 0.25) is 0 Å². The average Bonchev–Trinajstić information content (AvgIpc) is 3.51. The molecule has 3 aromatic rings. The quantitative estimate of drug-likeness (QED) is 0.351. The van der Waals surface area contributed by atoms with Crippen molar-refractivity contribution in [2.75, 3.05) is 13.1 Å². The Labute approximate surface area is 232 Å². The fourth-order valence-corrected chi connectivity index (χ4v) is 4.79. The van der Waals surface area contributed by atoms with Crippen LogP contribution in [0.3, 0.4) is 0 Å². The zero-order chi connectivity index (χ0) is 28.6. The normalized spacial score (nSPS) is 19.1. The number of hydrogen-bond donors (Lipinski definition) is 4. The van der Waals surface area contributed by atoms with Gasteiger partial charge in [0.25, 0.3) is 0 Å². The molecule has 0 bridgehead atoms. The number of H-pyrrole nitrogens is 2. The van der Waals surface area contributed by atoms with Crippen LogP contribution in [-0.2, 0) is 33.8 Å². The molecule has 0 saturated carbocycles. The first-order valence-corrected chi connectivity index (χ1v) is 13.7. The largest absolute Gasteiger partial charge is 0.344 e. The van der Waals surface area contributed by atoms with Crippen LogP contribution in [0.5, 0.6) is 0 Å². The molecule has 4 rings (SSSR count). The summed E-state index contributed by atoms with van der Waals surface area (Å²) in [4.78, 5) is 59.9. The fraction of sp³-hybridized carbons (Fsp3) is 0.519. The number of hydrogen-bond acceptors (Lipinski definition) is 7. The van der Waals surface area contributed by atoms with Crippen LogP contribution in [-0.4, -0.2) is 71.7 Å². The highest BCUT2D eigenvalue weighted by Crippen LogP contribution is 2.21. The molecule has 2 atom stereocenters. The van der Waals surface area contributed by atoms with Gasteiger partial charge in [-0.25, -0.2) is 19.6 Å². The second-order valence-electron chi connectivity index (χ2n) is 10.4. The lowest BCUT2D eigenvalue weighted by Crippen LogP contribution is -2.50. The Morgan fingerprint density at radius 1 is 1.07 bits per heavy atom. The molecule has 4 N–H and O–H groups in total. The van der Waals surface area contributed by atoms with Gasteiger partial charge in [-0.1, -0.05) is 44.2 Å². The Bertz CT molecular complexity index is 1360. The predicted octanol–water partition coefficient (Wildman–Crippen LogP) is 0.794. The lowest BCUT2D eigenvalue weighted by Gasteiger charge is -2.28. The number of fused-ring (bicyclic) bond motifs is 1. The number of nitrogens with zero attached hydrogens (tertiary/aromatic N) is 5. The molecule has 214 valence electrons. The summed E-state index contributed by atoms with van der Waals surface area (Å²) in [6, 6.07) is 8.32. The maximum absolute atomic E-state index is 13.5. The van der Waals surface area contributed by atoms with E-state index in [4.69, 9.17) is 0 Å². The first-order valence-electron chi connectivity index (χ1n) is 13.7. The van der Waals surface area contributed by atoms with Gasteiger partial charge in [-0.3, -0.25) is 19.4 Å². The van der Waals surface area contributed by atoms with Gasteiger partial charge in [-0.15, -0.1) is 0 Å². The first kappa shape index (κ1) is 28.7. The minimum absolute atomic E-state index is 0.0129. The van der Waals surface area contributed by atoms with Crippen molar-refractivity contribution in [3.05, 3.63) is 63.9 Å². The summed E-state index contributed by atoms with van der Waals surface area (Å²) >= 11 is 0. The van der Waals surface area contributed by atoms with Gasteiger partial charge in [0.2, 0.25) is 17.7 Å². The average molecular weight is 552 g/mol. The molecule has 1 aromatic carbocycles. The number of aromatic amines is 2. The molecule has 0 spiro atoms. The van der Waals surface area contributed by atoms with Crippen molar-refractivity contribution in [1.29, 1.82) is 0 Å². The van der Waals surface area contributed by atoms with Crippen molar-refractivity contribution in [3.8, 4) is 0 Å². The molecule has 13 nitrogen and oxygen atoms in total. The minimum atomic E-state index is -0.773. The van der Waals surface area contributed by atoms with Crippen molar-refractivity contribution in [1.82, 2.24) is 45.5 Å². The van der Waals surface area contributed by atoms with Crippen LogP contribution in [0.15, 0.2) is 35.1 Å². The second-order valence-corrected chi connectivity index (χ2v) is 10.4. The van der Waals surface area contributed by atoms with Crippen LogP contribution < -0.4 is 16.3 Å². The summed E-state index contributed by atoms with van der Waals surface area (Å²) in [5, 5.41) is 16.8. The van der Waals surface area contributed by atoms with Crippen LogP contribution in [0.1, 0.15) is 62.2 Å². The molecule has 0 aliphatic carbocycles. The van der Waals surface area contributed by atoms with Gasteiger partial charge >= 0.3 is 5.69 Å². The van der Waals surface area contributed by atoms with Crippen molar-refractivity contribution >= 4 is 17.7 Å². The van der Waals surface area contributed by atoms with Gasteiger partial charge < -0.3 is 15.5 Å². The summed E-state index contributed by atoms with van der Waals surface area (Å²) in [6.45, 7) is 6.85. The Hall–Kier alpha value is -4.29. The summed E-state index contributed by atoms with van der Waals surface area (Å²) in [5.41, 5.74) is 0.511. The number of amides is 3. The van der Waals surface area contributed by atoms with E-state index in [0.29, 0.717) is 49.9 Å². The van der Waals surface area contributed by atoms with E-state index in [2.05, 4.69) is 35.9 Å². The standard InChI is InChI=1S/C27H37N9O4/c1-17(2)24-25-28-18(3)34-36(25)15-14-35(23(38)12-11-21-30-27(40)33-32-21)13-7-10-22(37)29-20(26(39)31-24)16-19-8-5-4-6-9-19/h4-6,8-9,17,20,24H,7,10-16H2,1-3H3,(H,29,37)(H,31,39)(H2,30,32,33,40)/t20-,24+/m0/s1. The third kappa shape index (κ3) is 7.64. The van der Waals surface area contributed by atoms with Gasteiger partial charge in [0.1, 0.15) is 23.5 Å². The second kappa shape index (κ2) is 13.2. The fourth-order valence-electron chi connectivity index (χ4n) is 4.79. The zero-order valence-corrected chi connectivity index (χ0v) is 23.1. The van der Waals surface area contributed by atoms with E-state index in [1.165, 1.54) is 0 Å². The molecule has 1 aliphatic heterocycles. The smallest absolute Gasteiger partial charge is 0.340 e. The summed E-state index contributed by atoms with van der Waals surface area (Å²) < 4.78 is 1.75. The molecule has 0 saturated heterocycles. The molecular weight excluding hydrogens is 514 g/mol. The molecule has 40 heavy (non-hydrogen) atoms. The maximum Gasteiger partial charge on any atom is 0.340 e. The zero-order valence-electron chi connectivity index (χ0n) is 23.1. The van der Waals surface area contributed by atoms with Gasteiger partial charge in [0.15, 0.2) is 0 Å². The van der Waals surface area contributed by atoms with Crippen molar-refractivity contribution in [2.45, 2.75) is 71.5 Å². The van der Waals surface area contributed by atoms with E-state index in [-0.39, 0.29) is 42.9 Å². The van der Waals surface area contributed by atoms with E-state index >= 15 is 0 Å². The van der Waals surface area contributed by atoms with Crippen molar-refractivity contribution < 1.29 is 14.4 Å². The predicted molar refractivity (Wildman–Crippen MR) is 146 cm³/mol. The van der Waals surface area contributed by atoms with Crippen LogP contribution in [0, 0.1) is 12.8 Å². The lowest BCUT2D eigenvalue weighted by molar-refractivity contribution is -0.132. The SMILES string of the molecule is Cc1nc2n(n1)CCN(C(=O)CCc1n[nH]c(=O)[nH]1)CCCC(=O)N[C@@H](Cc1ccccc1)C(=O)N[C@@H]2C(C)C. The minimum Gasteiger partial charge on any atom is -0.344 e. The third-order valence-corrected chi connectivity index (χ3v) is 6.88. The highest BCUT2D eigenvalue weighted by molar-refractivity contribution is 5.88. The monoisotopic (exact) mass is 551 g/mol. The van der Waals surface area contributed by atoms with Crippen LogP contribution in [0.4, 0.5) is 0 Å². The Morgan fingerprint density at radius 3 is 2.55 bits per heavy atom. The van der Waals surface area contributed by atoms with Gasteiger partial charge in [-0.2, -0.15) is 10.2 Å². The number of aryl methyl sites for hydroxylation is 2. The van der Waals surface area contributed by atoms with E-state index < -0.39 is 17.8 Å². The highest BCUT2D eigenvalue weighted by Gasteiger charge is 2.30. The van der Waals surface area contributed by atoms with Gasteiger partial charge in [0.05, 0.1) is 12.6 Å². The summed E-state index contributed by atoms with van der Waals surface area (Å²) in [6.07, 6.45) is 1.37. The highest BCUT2D eigenvalue weighted by atomic mass is 16.2. The number of rotatable bonds is 6. The molecule has 0 fully saturated rings. The maximum atomic E-state index is 13.5. The topological polar surface area (TPSA) is 171 Å². The van der Waals surface area contributed by atoms with E-state index in [0.717, 1.165) is 5.56 Å². The van der Waals surface area contributed by atoms with E-state index in [1.54, 1.807) is 16.5 Å². The number of carbonyl (C=O) groups excluding carboxylic acids is 3. The van der Waals surface area contributed by atoms with Crippen molar-refractivity contribution in [3.63, 3.8) is 0 Å². The molecule has 2 aromatic heterocycles. The van der Waals surface area contributed by atoms with E-state index in [9.17, 15) is 19.2 Å². The number of nitrogens with one attached hydrogen (secondary N) is 4. The molecule has 3 amide bonds. The number of carbonyl (C=O) groups is 3. The Kier molecular flexibility index (Phi) is 9.46. The molecule has 1 aliphatic rings. The van der Waals surface area contributed by atoms with Gasteiger partial charge in [0, 0.05) is 38.8 Å².